The Morgan fingerprint density at radius 3 is 2.42 bits per heavy atom. The van der Waals surface area contributed by atoms with E-state index in [0.29, 0.717) is 26.0 Å². The normalized spacial score (nSPS) is 14.5. The molecule has 0 saturated heterocycles. The van der Waals surface area contributed by atoms with Crippen molar-refractivity contribution in [1.82, 2.24) is 0 Å². The van der Waals surface area contributed by atoms with Crippen LogP contribution in [0.3, 0.4) is 0 Å². The Morgan fingerprint density at radius 2 is 1.92 bits per heavy atom. The van der Waals surface area contributed by atoms with E-state index in [2.05, 4.69) is 9.47 Å². The highest BCUT2D eigenvalue weighted by atomic mass is 16.5. The molecule has 0 aliphatic rings. The zero-order valence-electron chi connectivity index (χ0n) is 7.36. The van der Waals surface area contributed by atoms with Crippen LogP contribution in [0, 0.1) is 5.92 Å². The average Bonchev–Trinajstić information content (AvgIpc) is 2.01. The molecule has 0 aromatic heterocycles. The molecule has 0 amide bonds. The summed E-state index contributed by atoms with van der Waals surface area (Å²) < 4.78 is 9.22. The van der Waals surface area contributed by atoms with Gasteiger partial charge in [-0.25, -0.2) is 0 Å². The molecule has 0 aliphatic carbocycles. The van der Waals surface area contributed by atoms with Crippen molar-refractivity contribution in [3.8, 4) is 0 Å². The highest BCUT2D eigenvalue weighted by molar-refractivity contribution is 5.37. The van der Waals surface area contributed by atoms with Gasteiger partial charge < -0.3 is 9.47 Å². The molecule has 2 atom stereocenters. The summed E-state index contributed by atoms with van der Waals surface area (Å²) in [4.78, 5) is 19.7. The number of carbonyl (C=O) groups is 2. The summed E-state index contributed by atoms with van der Waals surface area (Å²) in [6.07, 6.45) is 0.583. The number of carbonyl (C=O) groups excluding carboxylic acids is 2. The maximum Gasteiger partial charge on any atom is 0.293 e. The Morgan fingerprint density at radius 1 is 1.25 bits per heavy atom. The summed E-state index contributed by atoms with van der Waals surface area (Å²) in [5.74, 6) is 0.213. The minimum absolute atomic E-state index is 0.118. The lowest BCUT2D eigenvalue weighted by molar-refractivity contribution is -0.135. The van der Waals surface area contributed by atoms with Crippen LogP contribution in [-0.2, 0) is 19.1 Å². The second-order valence-corrected chi connectivity index (χ2v) is 2.81. The fraction of sp³-hybridized carbons (Fsp3) is 0.750. The monoisotopic (exact) mass is 174 g/mol. The van der Waals surface area contributed by atoms with Crippen molar-refractivity contribution >= 4 is 12.9 Å². The van der Waals surface area contributed by atoms with Crippen molar-refractivity contribution in [3.05, 3.63) is 0 Å². The van der Waals surface area contributed by atoms with Crippen molar-refractivity contribution in [2.75, 3.05) is 6.61 Å². The molecule has 4 heteroatoms. The smallest absolute Gasteiger partial charge is 0.293 e. The molecule has 0 fully saturated rings. The molecule has 2 unspecified atom stereocenters. The second-order valence-electron chi connectivity index (χ2n) is 2.81. The van der Waals surface area contributed by atoms with Gasteiger partial charge >= 0.3 is 0 Å². The van der Waals surface area contributed by atoms with Crippen molar-refractivity contribution in [2.45, 2.75) is 26.4 Å². The molecular formula is C8H14O4. The van der Waals surface area contributed by atoms with E-state index in [4.69, 9.17) is 0 Å². The summed E-state index contributed by atoms with van der Waals surface area (Å²) >= 11 is 0. The van der Waals surface area contributed by atoms with Crippen LogP contribution in [0.1, 0.15) is 20.3 Å². The molecule has 0 saturated carbocycles. The van der Waals surface area contributed by atoms with E-state index in [1.165, 1.54) is 0 Å². The van der Waals surface area contributed by atoms with E-state index in [-0.39, 0.29) is 12.0 Å². The van der Waals surface area contributed by atoms with E-state index in [0.717, 1.165) is 0 Å². The Balaban J connectivity index is 3.45. The van der Waals surface area contributed by atoms with Crippen LogP contribution in [0.5, 0.6) is 0 Å². The van der Waals surface area contributed by atoms with E-state index < -0.39 is 0 Å². The maximum atomic E-state index is 9.90. The molecule has 0 aromatic rings. The summed E-state index contributed by atoms with van der Waals surface area (Å²) in [7, 11) is 0. The average molecular weight is 174 g/mol. The third-order valence-corrected chi connectivity index (χ3v) is 1.47. The topological polar surface area (TPSA) is 52.6 Å². The summed E-state index contributed by atoms with van der Waals surface area (Å²) in [5, 5.41) is 0. The van der Waals surface area contributed by atoms with Crippen LogP contribution < -0.4 is 0 Å². The predicted molar refractivity (Wildman–Crippen MR) is 42.4 cm³/mol. The zero-order chi connectivity index (χ0) is 9.40. The van der Waals surface area contributed by atoms with Crippen LogP contribution >= 0.6 is 0 Å². The van der Waals surface area contributed by atoms with E-state index >= 15 is 0 Å². The lowest BCUT2D eigenvalue weighted by Gasteiger charge is -2.14. The van der Waals surface area contributed by atoms with Crippen LogP contribution in [0.25, 0.3) is 0 Å². The molecule has 0 heterocycles. The first kappa shape index (κ1) is 10.9. The molecule has 0 aliphatic heterocycles. The Kier molecular flexibility index (Phi) is 6.05. The van der Waals surface area contributed by atoms with E-state index in [1.807, 2.05) is 6.92 Å². The number of hydrogen-bond acceptors (Lipinski definition) is 4. The fourth-order valence-electron chi connectivity index (χ4n) is 0.989. The van der Waals surface area contributed by atoms with Gasteiger partial charge in [-0.15, -0.1) is 0 Å². The molecule has 0 radical (unpaired) electrons. The van der Waals surface area contributed by atoms with Gasteiger partial charge in [0.05, 0.1) is 12.7 Å². The number of hydrogen-bond donors (Lipinski definition) is 0. The summed E-state index contributed by atoms with van der Waals surface area (Å²) in [6.45, 7) is 4.94. The minimum Gasteiger partial charge on any atom is -0.468 e. The van der Waals surface area contributed by atoms with Crippen molar-refractivity contribution in [2.24, 2.45) is 5.92 Å². The molecular weight excluding hydrogens is 160 g/mol. The Labute approximate surface area is 71.8 Å². The third-order valence-electron chi connectivity index (χ3n) is 1.47. The van der Waals surface area contributed by atoms with Gasteiger partial charge in [-0.1, -0.05) is 6.92 Å². The first-order valence-electron chi connectivity index (χ1n) is 3.85. The van der Waals surface area contributed by atoms with Crippen LogP contribution in [0.2, 0.25) is 0 Å². The second kappa shape index (κ2) is 6.64. The molecule has 0 bridgehead atoms. The van der Waals surface area contributed by atoms with Crippen LogP contribution in [-0.4, -0.2) is 25.7 Å². The predicted octanol–water partition coefficient (Wildman–Crippen LogP) is 0.747. The van der Waals surface area contributed by atoms with Crippen molar-refractivity contribution < 1.29 is 19.1 Å². The number of rotatable bonds is 7. The minimum atomic E-state index is -0.118. The zero-order valence-corrected chi connectivity index (χ0v) is 7.36. The molecule has 12 heavy (non-hydrogen) atoms. The Hall–Kier alpha value is -1.06. The highest BCUT2D eigenvalue weighted by Gasteiger charge is 2.08. The van der Waals surface area contributed by atoms with Gasteiger partial charge in [-0.05, 0) is 19.3 Å². The molecule has 0 spiro atoms. The molecule has 0 N–H and O–H groups in total. The Bertz CT molecular complexity index is 135. The third kappa shape index (κ3) is 5.70. The maximum absolute atomic E-state index is 9.90. The van der Waals surface area contributed by atoms with Crippen LogP contribution in [0.4, 0.5) is 0 Å². The standard InChI is InChI=1S/C8H14O4/c1-7(4-11-5-9)3-8(2)12-6-10/h5-8H,3-4H2,1-2H3. The van der Waals surface area contributed by atoms with E-state index in [9.17, 15) is 9.59 Å². The number of ether oxygens (including phenoxy) is 2. The molecule has 0 rings (SSSR count). The van der Waals surface area contributed by atoms with Gasteiger partial charge in [-0.2, -0.15) is 0 Å². The quantitative estimate of drug-likeness (QED) is 0.534. The largest absolute Gasteiger partial charge is 0.468 e. The van der Waals surface area contributed by atoms with Crippen molar-refractivity contribution in [3.63, 3.8) is 0 Å². The van der Waals surface area contributed by atoms with Gasteiger partial charge in [0.15, 0.2) is 0 Å². The van der Waals surface area contributed by atoms with Crippen molar-refractivity contribution in [1.29, 1.82) is 0 Å². The van der Waals surface area contributed by atoms with Gasteiger partial charge in [0.2, 0.25) is 0 Å². The highest BCUT2D eigenvalue weighted by Crippen LogP contribution is 2.07. The van der Waals surface area contributed by atoms with Gasteiger partial charge in [0.25, 0.3) is 12.9 Å². The lowest BCUT2D eigenvalue weighted by atomic mass is 10.1. The first-order chi connectivity index (χ1) is 5.70. The van der Waals surface area contributed by atoms with Crippen LogP contribution in [0.15, 0.2) is 0 Å². The summed E-state index contributed by atoms with van der Waals surface area (Å²) in [6, 6.07) is 0. The SMILES string of the molecule is CC(COC=O)CC(C)OC=O. The molecule has 70 valence electrons. The van der Waals surface area contributed by atoms with E-state index in [1.54, 1.807) is 6.92 Å². The van der Waals surface area contributed by atoms with Gasteiger partial charge in [0, 0.05) is 0 Å². The fourth-order valence-corrected chi connectivity index (χ4v) is 0.989. The summed E-state index contributed by atoms with van der Waals surface area (Å²) in [5.41, 5.74) is 0. The molecule has 4 nitrogen and oxygen atoms in total. The van der Waals surface area contributed by atoms with Gasteiger partial charge in [-0.3, -0.25) is 9.59 Å². The molecule has 0 aromatic carbocycles. The van der Waals surface area contributed by atoms with Gasteiger partial charge in [0.1, 0.15) is 0 Å². The lowest BCUT2D eigenvalue weighted by Crippen LogP contribution is -2.15. The first-order valence-corrected chi connectivity index (χ1v) is 3.85.